The molecule has 6 rings (SSSR count). The Hall–Kier alpha value is -3.58. The summed E-state index contributed by atoms with van der Waals surface area (Å²) in [6.07, 6.45) is 8.89. The second-order valence-electron chi connectivity index (χ2n) is 11.5. The van der Waals surface area contributed by atoms with Crippen LogP contribution in [0.25, 0.3) is 22.7 Å². The molecule has 40 heavy (non-hydrogen) atoms. The third kappa shape index (κ3) is 5.39. The van der Waals surface area contributed by atoms with E-state index in [9.17, 15) is 18.5 Å². The van der Waals surface area contributed by atoms with E-state index < -0.39 is 15.3 Å². The number of sulfone groups is 1. The molecule has 10 heteroatoms. The molecule has 0 N–H and O–H groups in total. The number of nitrogens with zero attached hydrogens (tertiary/aromatic N) is 5. The normalized spacial score (nSPS) is 23.4. The lowest BCUT2D eigenvalue weighted by molar-refractivity contribution is -0.125. The average Bonchev–Trinajstić information content (AvgIpc) is 3.60. The van der Waals surface area contributed by atoms with Crippen molar-refractivity contribution in [2.75, 3.05) is 29.5 Å². The first-order valence-corrected chi connectivity index (χ1v) is 15.9. The van der Waals surface area contributed by atoms with E-state index in [4.69, 9.17) is 9.40 Å². The fourth-order valence-corrected chi connectivity index (χ4v) is 7.19. The van der Waals surface area contributed by atoms with Gasteiger partial charge in [-0.1, -0.05) is 25.0 Å². The summed E-state index contributed by atoms with van der Waals surface area (Å²) in [5.74, 6) is 1.93. The summed E-state index contributed by atoms with van der Waals surface area (Å²) in [6, 6.07) is 10.3. The van der Waals surface area contributed by atoms with Gasteiger partial charge in [-0.15, -0.1) is 0 Å². The van der Waals surface area contributed by atoms with Gasteiger partial charge in [-0.25, -0.2) is 23.4 Å². The SMILES string of the molecule is Cc1ncc(-c2nc(-c3ccc(N4CCS(=O)(=O)CC4)cc3)c([C@@H]3CCCC[C@H]3C(=O)CC3(C#N)CC3)o2)cn1. The highest BCUT2D eigenvalue weighted by Gasteiger charge is 2.47. The highest BCUT2D eigenvalue weighted by atomic mass is 32.2. The standard InChI is InChI=1S/C30H33N5O4S/c1-20-32-17-22(18-33-20)29-34-27(21-6-8-23(9-7-21)35-12-14-40(37,38)15-13-35)28(39-29)25-5-3-2-4-24(25)26(36)16-30(19-31)10-11-30/h6-9,17-18,24-25H,2-5,10-16H2,1H3/t24-,25-/m1/s1. The van der Waals surface area contributed by atoms with E-state index in [1.807, 2.05) is 31.2 Å². The van der Waals surface area contributed by atoms with Gasteiger partial charge >= 0.3 is 0 Å². The third-order valence-electron chi connectivity index (χ3n) is 8.65. The molecule has 0 spiro atoms. The zero-order valence-electron chi connectivity index (χ0n) is 22.7. The monoisotopic (exact) mass is 559 g/mol. The first-order chi connectivity index (χ1) is 19.3. The fraction of sp³-hybridized carbons (Fsp3) is 0.500. The quantitative estimate of drug-likeness (QED) is 0.397. The number of hydrogen-bond acceptors (Lipinski definition) is 9. The molecule has 9 nitrogen and oxygen atoms in total. The molecule has 0 unspecified atom stereocenters. The maximum absolute atomic E-state index is 13.5. The topological polar surface area (TPSA) is 130 Å². The van der Waals surface area contributed by atoms with E-state index in [2.05, 4.69) is 20.9 Å². The molecule has 0 radical (unpaired) electrons. The van der Waals surface area contributed by atoms with Crippen LogP contribution in [-0.2, 0) is 14.6 Å². The number of Topliss-reactive ketones (excluding diaryl/α,β-unsaturated/α-hetero) is 1. The molecule has 0 amide bonds. The maximum atomic E-state index is 13.5. The molecule has 2 saturated carbocycles. The van der Waals surface area contributed by atoms with Crippen LogP contribution in [0.1, 0.15) is 62.4 Å². The summed E-state index contributed by atoms with van der Waals surface area (Å²) < 4.78 is 30.2. The molecule has 1 aromatic carbocycles. The second kappa shape index (κ2) is 10.4. The van der Waals surface area contributed by atoms with Crippen LogP contribution in [-0.4, -0.2) is 53.7 Å². The summed E-state index contributed by atoms with van der Waals surface area (Å²) in [4.78, 5) is 29.2. The minimum absolute atomic E-state index is 0.120. The van der Waals surface area contributed by atoms with Crippen LogP contribution < -0.4 is 4.90 Å². The van der Waals surface area contributed by atoms with Gasteiger partial charge in [0.1, 0.15) is 23.1 Å². The number of ketones is 1. The number of anilines is 1. The zero-order chi connectivity index (χ0) is 27.9. The Kier molecular flexibility index (Phi) is 6.95. The number of rotatable bonds is 7. The smallest absolute Gasteiger partial charge is 0.230 e. The minimum Gasteiger partial charge on any atom is -0.440 e. The van der Waals surface area contributed by atoms with E-state index in [0.29, 0.717) is 48.2 Å². The molecule has 3 fully saturated rings. The van der Waals surface area contributed by atoms with Gasteiger partial charge in [0, 0.05) is 55.0 Å². The summed E-state index contributed by atoms with van der Waals surface area (Å²) in [5.41, 5.74) is 2.74. The molecule has 3 aliphatic rings. The van der Waals surface area contributed by atoms with E-state index in [1.54, 1.807) is 12.4 Å². The number of carbonyl (C=O) groups is 1. The number of benzene rings is 1. The molecule has 0 bridgehead atoms. The van der Waals surface area contributed by atoms with E-state index in [1.165, 1.54) is 0 Å². The Morgan fingerprint density at radius 2 is 1.75 bits per heavy atom. The zero-order valence-corrected chi connectivity index (χ0v) is 23.5. The lowest BCUT2D eigenvalue weighted by atomic mass is 9.73. The highest BCUT2D eigenvalue weighted by molar-refractivity contribution is 7.91. The molecular weight excluding hydrogens is 526 g/mol. The van der Waals surface area contributed by atoms with Gasteiger partial charge in [0.05, 0.1) is 28.6 Å². The van der Waals surface area contributed by atoms with Gasteiger partial charge in [-0.2, -0.15) is 5.26 Å². The van der Waals surface area contributed by atoms with E-state index >= 15 is 0 Å². The Balaban J connectivity index is 1.35. The van der Waals surface area contributed by atoms with Crippen LogP contribution in [0.3, 0.4) is 0 Å². The van der Waals surface area contributed by atoms with Crippen molar-refractivity contribution in [3.8, 4) is 28.8 Å². The lowest BCUT2D eigenvalue weighted by Gasteiger charge is -2.30. The molecular formula is C30H33N5O4S. The van der Waals surface area contributed by atoms with Crippen LogP contribution >= 0.6 is 0 Å². The van der Waals surface area contributed by atoms with Crippen LogP contribution in [0.15, 0.2) is 41.1 Å². The Morgan fingerprint density at radius 1 is 1.07 bits per heavy atom. The second-order valence-corrected chi connectivity index (χ2v) is 13.8. The third-order valence-corrected chi connectivity index (χ3v) is 10.3. The Morgan fingerprint density at radius 3 is 2.40 bits per heavy atom. The van der Waals surface area contributed by atoms with Gasteiger partial charge in [0.2, 0.25) is 5.89 Å². The molecule has 3 heterocycles. The van der Waals surface area contributed by atoms with Crippen LogP contribution in [0.4, 0.5) is 5.69 Å². The van der Waals surface area contributed by atoms with E-state index in [0.717, 1.165) is 49.8 Å². The summed E-state index contributed by atoms with van der Waals surface area (Å²) in [6.45, 7) is 2.77. The summed E-state index contributed by atoms with van der Waals surface area (Å²) in [5, 5.41) is 9.59. The first kappa shape index (κ1) is 26.6. The molecule has 3 aromatic rings. The largest absolute Gasteiger partial charge is 0.440 e. The number of aryl methyl sites for hydroxylation is 1. The van der Waals surface area contributed by atoms with Crippen molar-refractivity contribution >= 4 is 21.3 Å². The van der Waals surface area contributed by atoms with Crippen molar-refractivity contribution in [2.45, 2.75) is 57.8 Å². The van der Waals surface area contributed by atoms with Crippen molar-refractivity contribution in [1.82, 2.24) is 15.0 Å². The van der Waals surface area contributed by atoms with Crippen LogP contribution in [0.2, 0.25) is 0 Å². The van der Waals surface area contributed by atoms with Crippen molar-refractivity contribution < 1.29 is 17.6 Å². The van der Waals surface area contributed by atoms with Crippen molar-refractivity contribution in [2.24, 2.45) is 11.3 Å². The van der Waals surface area contributed by atoms with Gasteiger partial charge in [-0.05, 0) is 44.7 Å². The highest BCUT2D eigenvalue weighted by Crippen LogP contribution is 2.51. The van der Waals surface area contributed by atoms with Gasteiger partial charge < -0.3 is 9.32 Å². The van der Waals surface area contributed by atoms with Gasteiger partial charge in [0.15, 0.2) is 9.84 Å². The molecule has 2 aliphatic carbocycles. The summed E-state index contributed by atoms with van der Waals surface area (Å²) in [7, 11) is -2.96. The lowest BCUT2D eigenvalue weighted by Crippen LogP contribution is -2.40. The van der Waals surface area contributed by atoms with Crippen LogP contribution in [0.5, 0.6) is 0 Å². The van der Waals surface area contributed by atoms with Crippen molar-refractivity contribution in [3.63, 3.8) is 0 Å². The number of aromatic nitrogens is 3. The number of hydrogen-bond donors (Lipinski definition) is 0. The van der Waals surface area contributed by atoms with E-state index in [-0.39, 0.29) is 29.1 Å². The Bertz CT molecular complexity index is 1540. The Labute approximate surface area is 234 Å². The van der Waals surface area contributed by atoms with Gasteiger partial charge in [0.25, 0.3) is 0 Å². The molecule has 1 saturated heterocycles. The number of carbonyl (C=O) groups excluding carboxylic acids is 1. The molecule has 2 aromatic heterocycles. The summed E-state index contributed by atoms with van der Waals surface area (Å²) >= 11 is 0. The molecule has 1 aliphatic heterocycles. The fourth-order valence-electron chi connectivity index (χ4n) is 5.99. The first-order valence-electron chi connectivity index (χ1n) is 14.1. The predicted octanol–water partition coefficient (Wildman–Crippen LogP) is 4.88. The minimum atomic E-state index is -2.96. The van der Waals surface area contributed by atoms with Gasteiger partial charge in [-0.3, -0.25) is 4.79 Å². The van der Waals surface area contributed by atoms with Crippen molar-refractivity contribution in [3.05, 3.63) is 48.2 Å². The number of oxazole rings is 1. The van der Waals surface area contributed by atoms with Crippen molar-refractivity contribution in [1.29, 1.82) is 5.26 Å². The number of nitriles is 1. The maximum Gasteiger partial charge on any atom is 0.230 e. The molecule has 2 atom stereocenters. The molecule has 208 valence electrons. The average molecular weight is 560 g/mol. The van der Waals surface area contributed by atoms with Crippen LogP contribution in [0, 0.1) is 29.6 Å². The predicted molar refractivity (Wildman–Crippen MR) is 150 cm³/mol.